The summed E-state index contributed by atoms with van der Waals surface area (Å²) in [6.45, 7) is 1.63. The Morgan fingerprint density at radius 1 is 1.44 bits per heavy atom. The Labute approximate surface area is 101 Å². The van der Waals surface area contributed by atoms with Crippen molar-refractivity contribution in [3.63, 3.8) is 0 Å². The number of hydrogen-bond donors (Lipinski definition) is 2. The van der Waals surface area contributed by atoms with Gasteiger partial charge >= 0.3 is 5.97 Å². The fraction of sp³-hybridized carbons (Fsp3) is 0.364. The molecule has 0 aliphatic carbocycles. The van der Waals surface area contributed by atoms with E-state index in [2.05, 4.69) is 0 Å². The van der Waals surface area contributed by atoms with Crippen LogP contribution in [0.15, 0.2) is 30.3 Å². The lowest BCUT2D eigenvalue weighted by molar-refractivity contribution is -0.149. The van der Waals surface area contributed by atoms with Crippen LogP contribution in [-0.2, 0) is 16.1 Å². The van der Waals surface area contributed by atoms with E-state index >= 15 is 0 Å². The van der Waals surface area contributed by atoms with E-state index in [1.807, 2.05) is 30.3 Å². The van der Waals surface area contributed by atoms with Crippen LogP contribution >= 0.6 is 12.4 Å². The van der Waals surface area contributed by atoms with Gasteiger partial charge in [0, 0.05) is 0 Å². The van der Waals surface area contributed by atoms with E-state index < -0.39 is 18.1 Å². The standard InChI is InChI=1S/C11H15NO3.ClH/c1-8(13)10(12)11(14)15-7-9-5-3-2-4-6-9;/h2-6,8,10,13H,7,12H2,1H3;1H/t8-,10-;/m1./s1. The lowest BCUT2D eigenvalue weighted by atomic mass is 10.2. The van der Waals surface area contributed by atoms with Gasteiger partial charge in [0.05, 0.1) is 6.10 Å². The summed E-state index contributed by atoms with van der Waals surface area (Å²) in [7, 11) is 0. The highest BCUT2D eigenvalue weighted by molar-refractivity contribution is 5.85. The molecule has 0 spiro atoms. The monoisotopic (exact) mass is 245 g/mol. The smallest absolute Gasteiger partial charge is 0.325 e. The first-order valence-corrected chi connectivity index (χ1v) is 4.75. The van der Waals surface area contributed by atoms with Crippen molar-refractivity contribution >= 4 is 18.4 Å². The Balaban J connectivity index is 0.00000225. The van der Waals surface area contributed by atoms with Gasteiger partial charge in [-0.25, -0.2) is 0 Å². The molecule has 1 aromatic carbocycles. The van der Waals surface area contributed by atoms with Crippen molar-refractivity contribution in [1.82, 2.24) is 0 Å². The molecule has 0 radical (unpaired) electrons. The van der Waals surface area contributed by atoms with Crippen LogP contribution in [0.3, 0.4) is 0 Å². The minimum atomic E-state index is -0.978. The van der Waals surface area contributed by atoms with E-state index in [1.54, 1.807) is 0 Å². The molecular formula is C11H16ClNO3. The maximum atomic E-state index is 11.3. The third-order valence-electron chi connectivity index (χ3n) is 2.02. The zero-order chi connectivity index (χ0) is 11.3. The average molecular weight is 246 g/mol. The SMILES string of the molecule is C[C@@H](O)[C@@H](N)C(=O)OCc1ccccc1.Cl. The zero-order valence-corrected chi connectivity index (χ0v) is 9.81. The molecule has 3 N–H and O–H groups in total. The third kappa shape index (κ3) is 4.61. The van der Waals surface area contributed by atoms with Gasteiger partial charge in [-0.3, -0.25) is 4.79 Å². The topological polar surface area (TPSA) is 72.5 Å². The summed E-state index contributed by atoms with van der Waals surface area (Å²) < 4.78 is 4.93. The van der Waals surface area contributed by atoms with Crippen molar-refractivity contribution in [3.05, 3.63) is 35.9 Å². The van der Waals surface area contributed by atoms with Crippen molar-refractivity contribution < 1.29 is 14.6 Å². The fourth-order valence-corrected chi connectivity index (χ4v) is 1.02. The van der Waals surface area contributed by atoms with E-state index in [0.29, 0.717) is 0 Å². The molecule has 0 unspecified atom stereocenters. The summed E-state index contributed by atoms with van der Waals surface area (Å²) in [5.74, 6) is -0.589. The first kappa shape index (κ1) is 14.9. The van der Waals surface area contributed by atoms with Crippen molar-refractivity contribution in [2.75, 3.05) is 0 Å². The number of carbonyl (C=O) groups excluding carboxylic acids is 1. The number of rotatable bonds is 4. The number of benzene rings is 1. The lowest BCUT2D eigenvalue weighted by Gasteiger charge is -2.13. The molecule has 90 valence electrons. The Bertz CT molecular complexity index is 316. The summed E-state index contributed by atoms with van der Waals surface area (Å²) >= 11 is 0. The van der Waals surface area contributed by atoms with Crippen molar-refractivity contribution in [2.24, 2.45) is 5.73 Å². The van der Waals surface area contributed by atoms with Crippen LogP contribution in [0.25, 0.3) is 0 Å². The molecule has 0 amide bonds. The highest BCUT2D eigenvalue weighted by Crippen LogP contribution is 2.02. The van der Waals surface area contributed by atoms with Gasteiger partial charge in [-0.15, -0.1) is 12.4 Å². The molecule has 0 fully saturated rings. The zero-order valence-electron chi connectivity index (χ0n) is 9.00. The van der Waals surface area contributed by atoms with Gasteiger partial charge in [0.25, 0.3) is 0 Å². The number of aliphatic hydroxyl groups excluding tert-OH is 1. The van der Waals surface area contributed by atoms with Crippen LogP contribution in [0.2, 0.25) is 0 Å². The molecule has 16 heavy (non-hydrogen) atoms. The van der Waals surface area contributed by atoms with E-state index in [-0.39, 0.29) is 19.0 Å². The number of hydrogen-bond acceptors (Lipinski definition) is 4. The number of esters is 1. The number of nitrogens with two attached hydrogens (primary N) is 1. The number of carbonyl (C=O) groups is 1. The van der Waals surface area contributed by atoms with Crippen molar-refractivity contribution in [1.29, 1.82) is 0 Å². The predicted octanol–water partition coefficient (Wildman–Crippen LogP) is 0.860. The third-order valence-corrected chi connectivity index (χ3v) is 2.02. The van der Waals surface area contributed by atoms with E-state index in [9.17, 15) is 4.79 Å². The molecular weight excluding hydrogens is 230 g/mol. The Hall–Kier alpha value is -1.10. The Kier molecular flexibility index (Phi) is 6.72. The van der Waals surface area contributed by atoms with Crippen LogP contribution in [0.4, 0.5) is 0 Å². The summed E-state index contributed by atoms with van der Waals surface area (Å²) in [6, 6.07) is 8.32. The van der Waals surface area contributed by atoms with Crippen molar-refractivity contribution in [3.8, 4) is 0 Å². The summed E-state index contributed by atoms with van der Waals surface area (Å²) in [5.41, 5.74) is 6.29. The van der Waals surface area contributed by atoms with E-state index in [1.165, 1.54) is 6.92 Å². The molecule has 2 atom stereocenters. The molecule has 0 aromatic heterocycles. The Morgan fingerprint density at radius 2 is 2.00 bits per heavy atom. The highest BCUT2D eigenvalue weighted by Gasteiger charge is 2.19. The van der Waals surface area contributed by atoms with Gasteiger partial charge in [-0.1, -0.05) is 30.3 Å². The molecule has 0 heterocycles. The van der Waals surface area contributed by atoms with Crippen LogP contribution in [0.1, 0.15) is 12.5 Å². The largest absolute Gasteiger partial charge is 0.460 e. The minimum absolute atomic E-state index is 0. The maximum absolute atomic E-state index is 11.3. The van der Waals surface area contributed by atoms with E-state index in [0.717, 1.165) is 5.56 Å². The maximum Gasteiger partial charge on any atom is 0.325 e. The lowest BCUT2D eigenvalue weighted by Crippen LogP contribution is -2.41. The molecule has 0 aliphatic heterocycles. The van der Waals surface area contributed by atoms with Crippen molar-refractivity contribution in [2.45, 2.75) is 25.7 Å². The molecule has 4 nitrogen and oxygen atoms in total. The average Bonchev–Trinajstić information content (AvgIpc) is 2.26. The molecule has 1 rings (SSSR count). The number of ether oxygens (including phenoxy) is 1. The second-order valence-corrected chi connectivity index (χ2v) is 3.36. The van der Waals surface area contributed by atoms with E-state index in [4.69, 9.17) is 15.6 Å². The van der Waals surface area contributed by atoms with Crippen LogP contribution in [0.5, 0.6) is 0 Å². The summed E-state index contributed by atoms with van der Waals surface area (Å²) in [4.78, 5) is 11.3. The second-order valence-electron chi connectivity index (χ2n) is 3.36. The first-order chi connectivity index (χ1) is 7.11. The second kappa shape index (κ2) is 7.22. The molecule has 5 heteroatoms. The first-order valence-electron chi connectivity index (χ1n) is 4.75. The van der Waals surface area contributed by atoms with Crippen LogP contribution in [-0.4, -0.2) is 23.2 Å². The van der Waals surface area contributed by atoms with Crippen LogP contribution in [0, 0.1) is 0 Å². The van der Waals surface area contributed by atoms with Gasteiger partial charge in [0.1, 0.15) is 12.6 Å². The van der Waals surface area contributed by atoms with Gasteiger partial charge in [0.15, 0.2) is 0 Å². The van der Waals surface area contributed by atoms with Gasteiger partial charge in [-0.05, 0) is 12.5 Å². The highest BCUT2D eigenvalue weighted by atomic mass is 35.5. The van der Waals surface area contributed by atoms with Gasteiger partial charge in [0.2, 0.25) is 0 Å². The predicted molar refractivity (Wildman–Crippen MR) is 63.1 cm³/mol. The van der Waals surface area contributed by atoms with Gasteiger partial charge < -0.3 is 15.6 Å². The van der Waals surface area contributed by atoms with Crippen LogP contribution < -0.4 is 5.73 Å². The molecule has 0 saturated carbocycles. The molecule has 0 bridgehead atoms. The molecule has 0 saturated heterocycles. The quantitative estimate of drug-likeness (QED) is 0.772. The number of halogens is 1. The molecule has 1 aromatic rings. The summed E-state index contributed by atoms with van der Waals surface area (Å²) in [5, 5.41) is 9.06. The normalized spacial score (nSPS) is 13.4. The minimum Gasteiger partial charge on any atom is -0.460 e. The number of aliphatic hydroxyl groups is 1. The fourth-order valence-electron chi connectivity index (χ4n) is 1.02. The molecule has 0 aliphatic rings. The van der Waals surface area contributed by atoms with Gasteiger partial charge in [-0.2, -0.15) is 0 Å². The Morgan fingerprint density at radius 3 is 2.50 bits per heavy atom. The summed E-state index contributed by atoms with van der Waals surface area (Å²) in [6.07, 6.45) is -0.895.